The highest BCUT2D eigenvalue weighted by molar-refractivity contribution is 7.99. The summed E-state index contributed by atoms with van der Waals surface area (Å²) in [5.41, 5.74) is -1.78. The van der Waals surface area contributed by atoms with Gasteiger partial charge in [-0.3, -0.25) is 19.4 Å². The van der Waals surface area contributed by atoms with Gasteiger partial charge in [0.1, 0.15) is 5.03 Å². The van der Waals surface area contributed by atoms with Crippen LogP contribution in [-0.2, 0) is 7.05 Å². The van der Waals surface area contributed by atoms with E-state index in [0.717, 1.165) is 18.0 Å². The van der Waals surface area contributed by atoms with Crippen LogP contribution in [0.25, 0.3) is 0 Å². The van der Waals surface area contributed by atoms with Crippen LogP contribution in [0.2, 0.25) is 0 Å². The van der Waals surface area contributed by atoms with Gasteiger partial charge in [0, 0.05) is 14.1 Å². The Morgan fingerprint density at radius 3 is 2.84 bits per heavy atom. The molecule has 0 saturated carbocycles. The van der Waals surface area contributed by atoms with Crippen molar-refractivity contribution in [3.8, 4) is 0 Å². The zero-order valence-electron chi connectivity index (χ0n) is 9.97. The van der Waals surface area contributed by atoms with Gasteiger partial charge in [-0.2, -0.15) is 4.98 Å². The molecule has 0 aromatic carbocycles. The van der Waals surface area contributed by atoms with Gasteiger partial charge in [-0.15, -0.1) is 0 Å². The molecule has 0 atom stereocenters. The summed E-state index contributed by atoms with van der Waals surface area (Å²) in [4.78, 5) is 33.3. The fourth-order valence-corrected chi connectivity index (χ4v) is 1.95. The maximum Gasteiger partial charge on any atom is 0.339 e. The molecule has 0 saturated heterocycles. The molecule has 2 rings (SSSR count). The van der Waals surface area contributed by atoms with Crippen LogP contribution in [-0.4, -0.2) is 31.8 Å². The highest BCUT2D eigenvalue weighted by Gasteiger charge is 2.12. The topological polar surface area (TPSA) is 106 Å². The van der Waals surface area contributed by atoms with Crippen LogP contribution >= 0.6 is 11.8 Å². The largest absolute Gasteiger partial charge is 0.357 e. The maximum atomic E-state index is 13.5. The first-order valence-corrected chi connectivity index (χ1v) is 5.88. The van der Waals surface area contributed by atoms with E-state index >= 15 is 0 Å². The molecular weight excluding hydrogens is 275 g/mol. The van der Waals surface area contributed by atoms with Crippen LogP contribution < -0.4 is 16.4 Å². The summed E-state index contributed by atoms with van der Waals surface area (Å²) in [5, 5.41) is 5.04. The van der Waals surface area contributed by atoms with E-state index in [4.69, 9.17) is 0 Å². The minimum absolute atomic E-state index is 0.00565. The minimum Gasteiger partial charge on any atom is -0.357 e. The Morgan fingerprint density at radius 2 is 2.16 bits per heavy atom. The number of nitrogens with one attached hydrogen (secondary N) is 2. The van der Waals surface area contributed by atoms with Gasteiger partial charge in [-0.05, 0) is 11.8 Å². The Morgan fingerprint density at radius 1 is 1.42 bits per heavy atom. The van der Waals surface area contributed by atoms with Crippen LogP contribution in [0.15, 0.2) is 26.0 Å². The van der Waals surface area contributed by atoms with Crippen molar-refractivity contribution in [3.05, 3.63) is 32.7 Å². The monoisotopic (exact) mass is 284 g/mol. The van der Waals surface area contributed by atoms with E-state index in [-0.39, 0.29) is 16.1 Å². The fourth-order valence-electron chi connectivity index (χ4n) is 1.18. The lowest BCUT2D eigenvalue weighted by atomic mass is 10.6. The van der Waals surface area contributed by atoms with Gasteiger partial charge < -0.3 is 5.32 Å². The Hall–Kier alpha value is -2.23. The van der Waals surface area contributed by atoms with Gasteiger partial charge in [0.15, 0.2) is 11.0 Å². The maximum absolute atomic E-state index is 13.5. The lowest BCUT2D eigenvalue weighted by Gasteiger charge is -2.06. The minimum atomic E-state index is -0.941. The van der Waals surface area contributed by atoms with Crippen molar-refractivity contribution in [2.75, 3.05) is 12.4 Å². The highest BCUT2D eigenvalue weighted by Crippen LogP contribution is 2.25. The molecule has 10 heteroatoms. The van der Waals surface area contributed by atoms with Crippen molar-refractivity contribution in [1.29, 1.82) is 0 Å². The molecule has 19 heavy (non-hydrogen) atoms. The number of hydrogen-bond acceptors (Lipinski definition) is 7. The second kappa shape index (κ2) is 5.18. The number of rotatable bonds is 3. The van der Waals surface area contributed by atoms with Gasteiger partial charge in [0.25, 0.3) is 0 Å². The van der Waals surface area contributed by atoms with Crippen LogP contribution in [0.4, 0.5) is 10.3 Å². The smallest absolute Gasteiger partial charge is 0.339 e. The summed E-state index contributed by atoms with van der Waals surface area (Å²) in [6.45, 7) is 0. The third kappa shape index (κ3) is 2.78. The number of anilines is 1. The SMILES string of the molecule is CNc1ncc(F)c(Sc2nc(=O)c(=O)[nH]n2C)n1. The molecule has 0 aliphatic carbocycles. The Kier molecular flexibility index (Phi) is 3.60. The molecule has 2 aromatic rings. The Balaban J connectivity index is 2.44. The molecule has 0 spiro atoms. The van der Waals surface area contributed by atoms with Gasteiger partial charge in [-0.25, -0.2) is 14.4 Å². The standard InChI is InChI=1S/C9H9FN6O2S/c1-11-8-12-3-4(10)7(14-8)19-9-13-5(17)6(18)15-16(9)2/h3H,1-2H3,(H,15,18)(H,11,12,14). The second-order valence-corrected chi connectivity index (χ2v) is 4.35. The van der Waals surface area contributed by atoms with Crippen LogP contribution in [0.5, 0.6) is 0 Å². The van der Waals surface area contributed by atoms with Crippen molar-refractivity contribution < 1.29 is 4.39 Å². The summed E-state index contributed by atoms with van der Waals surface area (Å²) < 4.78 is 14.8. The highest BCUT2D eigenvalue weighted by atomic mass is 32.2. The van der Waals surface area contributed by atoms with E-state index in [1.807, 2.05) is 0 Å². The fraction of sp³-hybridized carbons (Fsp3) is 0.222. The van der Waals surface area contributed by atoms with Crippen molar-refractivity contribution in [1.82, 2.24) is 24.7 Å². The van der Waals surface area contributed by atoms with Crippen molar-refractivity contribution in [2.24, 2.45) is 7.05 Å². The summed E-state index contributed by atoms with van der Waals surface area (Å²) in [7, 11) is 3.07. The van der Waals surface area contributed by atoms with E-state index in [9.17, 15) is 14.0 Å². The number of halogens is 1. The predicted molar refractivity (Wildman–Crippen MR) is 65.8 cm³/mol. The third-order valence-electron chi connectivity index (χ3n) is 2.07. The van der Waals surface area contributed by atoms with Gasteiger partial charge >= 0.3 is 11.1 Å². The van der Waals surface area contributed by atoms with E-state index < -0.39 is 16.9 Å². The molecule has 0 radical (unpaired) electrons. The van der Waals surface area contributed by atoms with Gasteiger partial charge in [0.2, 0.25) is 5.95 Å². The number of aromatic nitrogens is 5. The molecule has 0 amide bonds. The van der Waals surface area contributed by atoms with Crippen molar-refractivity contribution in [3.63, 3.8) is 0 Å². The zero-order valence-corrected chi connectivity index (χ0v) is 10.8. The first-order chi connectivity index (χ1) is 9.01. The lowest BCUT2D eigenvalue weighted by Crippen LogP contribution is -2.33. The summed E-state index contributed by atoms with van der Waals surface area (Å²) in [6.07, 6.45) is 1.00. The second-order valence-electron chi connectivity index (χ2n) is 3.40. The lowest BCUT2D eigenvalue weighted by molar-refractivity contribution is 0.573. The summed E-state index contributed by atoms with van der Waals surface area (Å²) in [6, 6.07) is 0. The molecule has 100 valence electrons. The molecule has 2 N–H and O–H groups in total. The molecule has 0 aliphatic rings. The molecule has 8 nitrogen and oxygen atoms in total. The Bertz CT molecular complexity index is 727. The van der Waals surface area contributed by atoms with E-state index in [0.29, 0.717) is 0 Å². The van der Waals surface area contributed by atoms with E-state index in [1.54, 1.807) is 7.05 Å². The number of H-pyrrole nitrogens is 1. The first kappa shape index (κ1) is 13.2. The molecule has 2 aromatic heterocycles. The quantitative estimate of drug-likeness (QED) is 0.583. The molecule has 0 fully saturated rings. The van der Waals surface area contributed by atoms with Crippen molar-refractivity contribution >= 4 is 17.7 Å². The zero-order chi connectivity index (χ0) is 14.0. The average molecular weight is 284 g/mol. The average Bonchev–Trinajstić information content (AvgIpc) is 2.38. The van der Waals surface area contributed by atoms with Crippen molar-refractivity contribution in [2.45, 2.75) is 10.2 Å². The third-order valence-corrected chi connectivity index (χ3v) is 3.10. The molecule has 0 unspecified atom stereocenters. The van der Waals surface area contributed by atoms with Gasteiger partial charge in [0.05, 0.1) is 6.20 Å². The first-order valence-electron chi connectivity index (χ1n) is 5.06. The number of aryl methyl sites for hydroxylation is 1. The van der Waals surface area contributed by atoms with Crippen LogP contribution in [0, 0.1) is 5.82 Å². The molecule has 0 bridgehead atoms. The number of aromatic amines is 1. The number of nitrogens with zero attached hydrogens (tertiary/aromatic N) is 4. The van der Waals surface area contributed by atoms with Crippen LogP contribution in [0.3, 0.4) is 0 Å². The summed E-state index contributed by atoms with van der Waals surface area (Å²) in [5.74, 6) is -0.414. The van der Waals surface area contributed by atoms with Gasteiger partial charge in [-0.1, -0.05) is 0 Å². The Labute approximate surface area is 110 Å². The van der Waals surface area contributed by atoms with E-state index in [2.05, 4.69) is 25.4 Å². The van der Waals surface area contributed by atoms with Crippen LogP contribution in [0.1, 0.15) is 0 Å². The summed E-state index contributed by atoms with van der Waals surface area (Å²) >= 11 is 0.809. The molecular formula is C9H9FN6O2S. The predicted octanol–water partition coefficient (Wildman–Crippen LogP) is -0.409. The molecule has 0 aliphatic heterocycles. The normalized spacial score (nSPS) is 10.5. The van der Waals surface area contributed by atoms with E-state index in [1.165, 1.54) is 11.7 Å². The molecule has 2 heterocycles. The number of hydrogen-bond donors (Lipinski definition) is 2.